The lowest BCUT2D eigenvalue weighted by Crippen LogP contribution is -2.09. The van der Waals surface area contributed by atoms with E-state index in [0.717, 1.165) is 19.3 Å². The van der Waals surface area contributed by atoms with Gasteiger partial charge in [-0.05, 0) is 31.7 Å². The number of carboxylic acid groups (broad SMARTS) is 1. The monoisotopic (exact) mass is 206 g/mol. The second-order valence-electron chi connectivity index (χ2n) is 4.12. The Morgan fingerprint density at radius 3 is 2.47 bits per heavy atom. The van der Waals surface area contributed by atoms with Crippen molar-refractivity contribution in [3.05, 3.63) is 35.4 Å². The zero-order valence-electron chi connectivity index (χ0n) is 9.36. The number of rotatable bonds is 5. The van der Waals surface area contributed by atoms with Gasteiger partial charge in [0.05, 0.1) is 5.92 Å². The normalized spacial score (nSPS) is 12.4. The standard InChI is InChI=1S/C13H18O2/c1-10-6-8-12(9-7-10)5-3-4-11(2)13(14)15/h6-9,11H,3-5H2,1-2H3,(H,14,15). The summed E-state index contributed by atoms with van der Waals surface area (Å²) in [5, 5.41) is 8.72. The molecule has 1 atom stereocenters. The van der Waals surface area contributed by atoms with Crippen molar-refractivity contribution in [2.75, 3.05) is 0 Å². The van der Waals surface area contributed by atoms with Gasteiger partial charge in [0, 0.05) is 0 Å². The quantitative estimate of drug-likeness (QED) is 0.804. The average molecular weight is 206 g/mol. The minimum atomic E-state index is -0.695. The first-order chi connectivity index (χ1) is 7.09. The molecule has 2 heteroatoms. The molecule has 1 aromatic rings. The first kappa shape index (κ1) is 11.8. The molecular weight excluding hydrogens is 188 g/mol. The number of aliphatic carboxylic acids is 1. The van der Waals surface area contributed by atoms with Crippen molar-refractivity contribution in [3.8, 4) is 0 Å². The predicted molar refractivity (Wildman–Crippen MR) is 60.9 cm³/mol. The SMILES string of the molecule is Cc1ccc(CCCC(C)C(=O)O)cc1. The second-order valence-corrected chi connectivity index (χ2v) is 4.12. The Hall–Kier alpha value is -1.31. The van der Waals surface area contributed by atoms with Crippen molar-refractivity contribution in [2.45, 2.75) is 33.1 Å². The Morgan fingerprint density at radius 1 is 1.33 bits per heavy atom. The number of carboxylic acids is 1. The molecule has 0 saturated carbocycles. The highest BCUT2D eigenvalue weighted by molar-refractivity contribution is 5.69. The van der Waals surface area contributed by atoms with Crippen molar-refractivity contribution in [1.82, 2.24) is 0 Å². The minimum Gasteiger partial charge on any atom is -0.481 e. The fraction of sp³-hybridized carbons (Fsp3) is 0.462. The largest absolute Gasteiger partial charge is 0.481 e. The van der Waals surface area contributed by atoms with Gasteiger partial charge in [0.15, 0.2) is 0 Å². The van der Waals surface area contributed by atoms with Gasteiger partial charge in [-0.2, -0.15) is 0 Å². The fourth-order valence-corrected chi connectivity index (χ4v) is 1.49. The van der Waals surface area contributed by atoms with Gasteiger partial charge in [0.25, 0.3) is 0 Å². The highest BCUT2D eigenvalue weighted by Gasteiger charge is 2.09. The molecule has 1 aromatic carbocycles. The number of benzene rings is 1. The molecule has 0 radical (unpaired) electrons. The molecule has 0 fully saturated rings. The van der Waals surface area contributed by atoms with Crippen molar-refractivity contribution < 1.29 is 9.90 Å². The maximum atomic E-state index is 10.6. The van der Waals surface area contributed by atoms with Crippen LogP contribution in [0.15, 0.2) is 24.3 Å². The first-order valence-corrected chi connectivity index (χ1v) is 5.38. The number of aryl methyl sites for hydroxylation is 2. The Balaban J connectivity index is 2.32. The molecule has 0 spiro atoms. The van der Waals surface area contributed by atoms with Crippen LogP contribution in [-0.2, 0) is 11.2 Å². The lowest BCUT2D eigenvalue weighted by molar-refractivity contribution is -0.141. The van der Waals surface area contributed by atoms with Crippen LogP contribution in [0.2, 0.25) is 0 Å². The van der Waals surface area contributed by atoms with E-state index in [4.69, 9.17) is 5.11 Å². The summed E-state index contributed by atoms with van der Waals surface area (Å²) in [6.45, 7) is 3.83. The van der Waals surface area contributed by atoms with Crippen LogP contribution in [0.25, 0.3) is 0 Å². The molecule has 0 bridgehead atoms. The van der Waals surface area contributed by atoms with E-state index >= 15 is 0 Å². The smallest absolute Gasteiger partial charge is 0.306 e. The summed E-state index contributed by atoms with van der Waals surface area (Å²) in [6.07, 6.45) is 2.66. The van der Waals surface area contributed by atoms with Gasteiger partial charge in [-0.1, -0.05) is 36.8 Å². The van der Waals surface area contributed by atoms with Gasteiger partial charge in [-0.3, -0.25) is 4.79 Å². The molecule has 0 amide bonds. The van der Waals surface area contributed by atoms with Gasteiger partial charge in [-0.25, -0.2) is 0 Å². The summed E-state index contributed by atoms with van der Waals surface area (Å²) in [5.41, 5.74) is 2.55. The van der Waals surface area contributed by atoms with Crippen LogP contribution < -0.4 is 0 Å². The van der Waals surface area contributed by atoms with Crippen LogP contribution in [0.5, 0.6) is 0 Å². The van der Waals surface area contributed by atoms with Crippen LogP contribution in [0.3, 0.4) is 0 Å². The Morgan fingerprint density at radius 2 is 1.93 bits per heavy atom. The van der Waals surface area contributed by atoms with Crippen molar-refractivity contribution in [1.29, 1.82) is 0 Å². The Labute approximate surface area is 90.9 Å². The fourth-order valence-electron chi connectivity index (χ4n) is 1.49. The summed E-state index contributed by atoms with van der Waals surface area (Å²) in [6, 6.07) is 8.41. The van der Waals surface area contributed by atoms with Crippen LogP contribution >= 0.6 is 0 Å². The van der Waals surface area contributed by atoms with E-state index in [-0.39, 0.29) is 5.92 Å². The Kier molecular flexibility index (Phi) is 4.35. The molecular formula is C13H18O2. The van der Waals surface area contributed by atoms with E-state index in [1.165, 1.54) is 11.1 Å². The number of hydrogen-bond donors (Lipinski definition) is 1. The molecule has 82 valence electrons. The lowest BCUT2D eigenvalue weighted by Gasteiger charge is -2.05. The Bertz CT molecular complexity index is 314. The molecule has 0 aliphatic rings. The predicted octanol–water partition coefficient (Wildman–Crippen LogP) is 3.04. The topological polar surface area (TPSA) is 37.3 Å². The maximum Gasteiger partial charge on any atom is 0.306 e. The lowest BCUT2D eigenvalue weighted by atomic mass is 10.0. The molecule has 15 heavy (non-hydrogen) atoms. The van der Waals surface area contributed by atoms with Crippen LogP contribution in [0.4, 0.5) is 0 Å². The van der Waals surface area contributed by atoms with Crippen molar-refractivity contribution in [3.63, 3.8) is 0 Å². The minimum absolute atomic E-state index is 0.226. The highest BCUT2D eigenvalue weighted by Crippen LogP contribution is 2.11. The zero-order valence-corrected chi connectivity index (χ0v) is 9.36. The third kappa shape index (κ3) is 4.15. The summed E-state index contributed by atoms with van der Waals surface area (Å²) < 4.78 is 0. The van der Waals surface area contributed by atoms with Gasteiger partial charge in [0.1, 0.15) is 0 Å². The van der Waals surface area contributed by atoms with E-state index in [2.05, 4.69) is 31.2 Å². The van der Waals surface area contributed by atoms with E-state index < -0.39 is 5.97 Å². The average Bonchev–Trinajstić information content (AvgIpc) is 2.20. The number of hydrogen-bond acceptors (Lipinski definition) is 1. The molecule has 2 nitrogen and oxygen atoms in total. The number of carbonyl (C=O) groups is 1. The van der Waals surface area contributed by atoms with E-state index in [1.54, 1.807) is 6.92 Å². The molecule has 1 rings (SSSR count). The summed E-state index contributed by atoms with van der Waals surface area (Å²) >= 11 is 0. The summed E-state index contributed by atoms with van der Waals surface area (Å²) in [5.74, 6) is -0.922. The zero-order chi connectivity index (χ0) is 11.3. The molecule has 0 aliphatic heterocycles. The van der Waals surface area contributed by atoms with Crippen LogP contribution in [-0.4, -0.2) is 11.1 Å². The first-order valence-electron chi connectivity index (χ1n) is 5.38. The van der Waals surface area contributed by atoms with Crippen molar-refractivity contribution >= 4 is 5.97 Å². The van der Waals surface area contributed by atoms with Gasteiger partial charge >= 0.3 is 5.97 Å². The molecule has 1 N–H and O–H groups in total. The summed E-state index contributed by atoms with van der Waals surface area (Å²) in [7, 11) is 0. The van der Waals surface area contributed by atoms with Crippen LogP contribution in [0.1, 0.15) is 30.9 Å². The summed E-state index contributed by atoms with van der Waals surface area (Å²) in [4.78, 5) is 10.6. The van der Waals surface area contributed by atoms with E-state index in [0.29, 0.717) is 0 Å². The van der Waals surface area contributed by atoms with Gasteiger partial charge in [0.2, 0.25) is 0 Å². The van der Waals surface area contributed by atoms with Crippen molar-refractivity contribution in [2.24, 2.45) is 5.92 Å². The van der Waals surface area contributed by atoms with E-state index in [1.807, 2.05) is 0 Å². The van der Waals surface area contributed by atoms with Gasteiger partial charge in [-0.15, -0.1) is 0 Å². The molecule has 0 aromatic heterocycles. The van der Waals surface area contributed by atoms with Crippen LogP contribution in [0, 0.1) is 12.8 Å². The molecule has 1 unspecified atom stereocenters. The third-order valence-electron chi connectivity index (χ3n) is 2.64. The third-order valence-corrected chi connectivity index (χ3v) is 2.64. The van der Waals surface area contributed by atoms with Gasteiger partial charge < -0.3 is 5.11 Å². The molecule has 0 saturated heterocycles. The highest BCUT2D eigenvalue weighted by atomic mass is 16.4. The second kappa shape index (κ2) is 5.54. The van der Waals surface area contributed by atoms with E-state index in [9.17, 15) is 4.79 Å². The maximum absolute atomic E-state index is 10.6. The molecule has 0 heterocycles. The molecule has 0 aliphatic carbocycles.